The minimum atomic E-state index is -0.594. The molecule has 2 N–H and O–H groups in total. The normalized spacial score (nSPS) is 11.1. The van der Waals surface area contributed by atoms with Crippen LogP contribution >= 0.6 is 23.2 Å². The van der Waals surface area contributed by atoms with Crippen molar-refractivity contribution in [1.82, 2.24) is 15.1 Å². The minimum absolute atomic E-state index is 0.258. The molecule has 0 atom stereocenters. The highest BCUT2D eigenvalue weighted by atomic mass is 35.5. The molecule has 0 saturated carbocycles. The first-order valence-corrected chi connectivity index (χ1v) is 8.68. The summed E-state index contributed by atoms with van der Waals surface area (Å²) in [7, 11) is 0. The van der Waals surface area contributed by atoms with E-state index < -0.39 is 5.91 Å². The van der Waals surface area contributed by atoms with Gasteiger partial charge < -0.3 is 10.3 Å². The van der Waals surface area contributed by atoms with E-state index in [4.69, 9.17) is 33.5 Å². The smallest absolute Gasteiger partial charge is 0.254 e. The Morgan fingerprint density at radius 1 is 1.07 bits per heavy atom. The third-order valence-electron chi connectivity index (χ3n) is 4.14. The topological polar surface area (TPSA) is 94.9 Å². The Hall–Kier alpha value is -2.96. The van der Waals surface area contributed by atoms with Crippen molar-refractivity contribution in [2.24, 2.45) is 5.73 Å². The van der Waals surface area contributed by atoms with Gasteiger partial charge in [0.2, 0.25) is 0 Å². The van der Waals surface area contributed by atoms with Crippen LogP contribution in [0.25, 0.3) is 33.5 Å². The summed E-state index contributed by atoms with van der Waals surface area (Å²) in [6.07, 6.45) is 1.72. The van der Waals surface area contributed by atoms with E-state index in [1.54, 1.807) is 31.3 Å². The minimum Gasteiger partial charge on any atom is -0.365 e. The molecule has 27 heavy (non-hydrogen) atoms. The van der Waals surface area contributed by atoms with Crippen LogP contribution < -0.4 is 5.73 Å². The quantitative estimate of drug-likeness (QED) is 0.540. The Morgan fingerprint density at radius 3 is 2.59 bits per heavy atom. The SMILES string of the molecule is Cc1onc(-c2ccc3cnc(-c4ccc(Cl)c(Cl)c4)nc3c2)c1C(N)=O. The van der Waals surface area contributed by atoms with Crippen LogP contribution in [-0.2, 0) is 0 Å². The maximum absolute atomic E-state index is 11.7. The van der Waals surface area contributed by atoms with Gasteiger partial charge in [-0.15, -0.1) is 0 Å². The van der Waals surface area contributed by atoms with Gasteiger partial charge >= 0.3 is 0 Å². The molecule has 0 bridgehead atoms. The van der Waals surface area contributed by atoms with Gasteiger partial charge in [0.05, 0.1) is 15.6 Å². The highest BCUT2D eigenvalue weighted by Crippen LogP contribution is 2.30. The molecule has 8 heteroatoms. The van der Waals surface area contributed by atoms with E-state index in [1.165, 1.54) is 0 Å². The number of aromatic nitrogens is 3. The van der Waals surface area contributed by atoms with Crippen LogP contribution in [0.1, 0.15) is 16.1 Å². The standard InChI is InChI=1S/C19H12Cl2N4O2/c1-9-16(18(22)26)17(25-27-9)10-2-3-12-8-23-19(24-15(12)7-10)11-4-5-13(20)14(21)6-11/h2-8H,1H3,(H2,22,26). The van der Waals surface area contributed by atoms with Crippen LogP contribution in [0.3, 0.4) is 0 Å². The predicted octanol–water partition coefficient (Wildman–Crippen LogP) is 4.67. The molecule has 4 rings (SSSR count). The molecule has 0 spiro atoms. The second kappa shape index (κ2) is 6.64. The van der Waals surface area contributed by atoms with E-state index in [2.05, 4.69) is 15.1 Å². The van der Waals surface area contributed by atoms with Crippen molar-refractivity contribution in [2.75, 3.05) is 0 Å². The lowest BCUT2D eigenvalue weighted by atomic mass is 10.0. The van der Waals surface area contributed by atoms with Crippen molar-refractivity contribution < 1.29 is 9.32 Å². The highest BCUT2D eigenvalue weighted by molar-refractivity contribution is 6.42. The van der Waals surface area contributed by atoms with Crippen LogP contribution in [0.2, 0.25) is 10.0 Å². The number of aryl methyl sites for hydroxylation is 1. The number of nitrogens with zero attached hydrogens (tertiary/aromatic N) is 3. The largest absolute Gasteiger partial charge is 0.365 e. The molecule has 6 nitrogen and oxygen atoms in total. The summed E-state index contributed by atoms with van der Waals surface area (Å²) < 4.78 is 5.13. The fraction of sp³-hybridized carbons (Fsp3) is 0.0526. The van der Waals surface area contributed by atoms with Gasteiger partial charge in [0.15, 0.2) is 5.82 Å². The number of halogens is 2. The molecule has 2 aromatic carbocycles. The van der Waals surface area contributed by atoms with Crippen LogP contribution in [0, 0.1) is 6.92 Å². The molecular formula is C19H12Cl2N4O2. The molecule has 0 aliphatic rings. The maximum Gasteiger partial charge on any atom is 0.254 e. The fourth-order valence-electron chi connectivity index (χ4n) is 2.80. The van der Waals surface area contributed by atoms with Crippen molar-refractivity contribution in [3.05, 3.63) is 64.0 Å². The Bertz CT molecular complexity index is 1200. The van der Waals surface area contributed by atoms with Gasteiger partial charge in [0.1, 0.15) is 17.0 Å². The van der Waals surface area contributed by atoms with Gasteiger partial charge in [-0.25, -0.2) is 9.97 Å². The third kappa shape index (κ3) is 3.13. The summed E-state index contributed by atoms with van der Waals surface area (Å²) in [5.41, 5.74) is 8.19. The first-order valence-electron chi connectivity index (χ1n) is 7.92. The first-order chi connectivity index (χ1) is 12.9. The summed E-state index contributed by atoms with van der Waals surface area (Å²) in [5, 5.41) is 5.69. The lowest BCUT2D eigenvalue weighted by Crippen LogP contribution is -2.12. The fourth-order valence-corrected chi connectivity index (χ4v) is 3.10. The number of hydrogen-bond acceptors (Lipinski definition) is 5. The number of hydrogen-bond donors (Lipinski definition) is 1. The van der Waals surface area contributed by atoms with E-state index in [-0.39, 0.29) is 5.56 Å². The summed E-state index contributed by atoms with van der Waals surface area (Å²) >= 11 is 12.1. The number of rotatable bonds is 3. The van der Waals surface area contributed by atoms with Crippen LogP contribution in [0.15, 0.2) is 47.1 Å². The number of amides is 1. The van der Waals surface area contributed by atoms with Gasteiger partial charge in [-0.05, 0) is 31.2 Å². The van der Waals surface area contributed by atoms with E-state index in [0.717, 1.165) is 10.9 Å². The van der Waals surface area contributed by atoms with Gasteiger partial charge in [-0.2, -0.15) is 0 Å². The van der Waals surface area contributed by atoms with Gasteiger partial charge in [0, 0.05) is 22.7 Å². The molecular weight excluding hydrogens is 387 g/mol. The summed E-state index contributed by atoms with van der Waals surface area (Å²) in [6, 6.07) is 10.7. The average Bonchev–Trinajstić information content (AvgIpc) is 3.05. The summed E-state index contributed by atoms with van der Waals surface area (Å²) in [4.78, 5) is 20.7. The molecule has 0 unspecified atom stereocenters. The Labute approximate surface area is 163 Å². The second-order valence-corrected chi connectivity index (χ2v) is 6.74. The summed E-state index contributed by atoms with van der Waals surface area (Å²) in [5.74, 6) is 0.282. The molecule has 0 aliphatic heterocycles. The molecule has 4 aromatic rings. The lowest BCUT2D eigenvalue weighted by Gasteiger charge is -2.05. The Kier molecular flexibility index (Phi) is 4.30. The molecule has 2 aromatic heterocycles. The molecule has 0 fully saturated rings. The van der Waals surface area contributed by atoms with Crippen LogP contribution in [0.5, 0.6) is 0 Å². The zero-order chi connectivity index (χ0) is 19.1. The Morgan fingerprint density at radius 2 is 1.85 bits per heavy atom. The van der Waals surface area contributed by atoms with E-state index in [9.17, 15) is 4.79 Å². The van der Waals surface area contributed by atoms with Crippen molar-refractivity contribution >= 4 is 40.0 Å². The number of benzene rings is 2. The first kappa shape index (κ1) is 17.5. The zero-order valence-electron chi connectivity index (χ0n) is 14.0. The van der Waals surface area contributed by atoms with Crippen molar-refractivity contribution in [3.8, 4) is 22.6 Å². The van der Waals surface area contributed by atoms with E-state index >= 15 is 0 Å². The maximum atomic E-state index is 11.7. The number of fused-ring (bicyclic) bond motifs is 1. The van der Waals surface area contributed by atoms with Crippen molar-refractivity contribution in [2.45, 2.75) is 6.92 Å². The van der Waals surface area contributed by atoms with E-state index in [0.29, 0.717) is 38.4 Å². The van der Waals surface area contributed by atoms with Crippen molar-refractivity contribution in [1.29, 1.82) is 0 Å². The van der Waals surface area contributed by atoms with Crippen LogP contribution in [0.4, 0.5) is 0 Å². The van der Waals surface area contributed by atoms with Gasteiger partial charge in [-0.1, -0.05) is 40.5 Å². The monoisotopic (exact) mass is 398 g/mol. The van der Waals surface area contributed by atoms with Crippen LogP contribution in [-0.4, -0.2) is 21.0 Å². The lowest BCUT2D eigenvalue weighted by molar-refractivity contribution is 0.0999. The highest BCUT2D eigenvalue weighted by Gasteiger charge is 2.19. The zero-order valence-corrected chi connectivity index (χ0v) is 15.5. The number of carbonyl (C=O) groups is 1. The number of carbonyl (C=O) groups excluding carboxylic acids is 1. The van der Waals surface area contributed by atoms with Gasteiger partial charge in [-0.3, -0.25) is 4.79 Å². The summed E-state index contributed by atoms with van der Waals surface area (Å²) in [6.45, 7) is 1.64. The van der Waals surface area contributed by atoms with Crippen molar-refractivity contribution in [3.63, 3.8) is 0 Å². The average molecular weight is 399 g/mol. The molecule has 1 amide bonds. The van der Waals surface area contributed by atoms with Gasteiger partial charge in [0.25, 0.3) is 5.91 Å². The predicted molar refractivity (Wildman–Crippen MR) is 104 cm³/mol. The molecule has 2 heterocycles. The molecule has 0 saturated heterocycles. The number of nitrogens with two attached hydrogens (primary N) is 1. The molecule has 0 radical (unpaired) electrons. The molecule has 0 aliphatic carbocycles. The third-order valence-corrected chi connectivity index (χ3v) is 4.88. The second-order valence-electron chi connectivity index (χ2n) is 5.92. The number of primary amides is 1. The Balaban J connectivity index is 1.84. The van der Waals surface area contributed by atoms with E-state index in [1.807, 2.05) is 18.2 Å². The molecule has 134 valence electrons.